The molecule has 0 bridgehead atoms. The van der Waals surface area contributed by atoms with E-state index in [1.165, 1.54) is 11.1 Å². The summed E-state index contributed by atoms with van der Waals surface area (Å²) >= 11 is 0. The fraction of sp³-hybridized carbons (Fsp3) is 0.235. The van der Waals surface area contributed by atoms with Crippen molar-refractivity contribution in [2.45, 2.75) is 13.3 Å². The van der Waals surface area contributed by atoms with Gasteiger partial charge in [0.2, 0.25) is 0 Å². The van der Waals surface area contributed by atoms with E-state index in [4.69, 9.17) is 10.00 Å². The first kappa shape index (κ1) is 14.0. The second-order valence-corrected chi connectivity index (χ2v) is 4.69. The molecule has 0 amide bonds. The molecule has 102 valence electrons. The summed E-state index contributed by atoms with van der Waals surface area (Å²) in [6.45, 7) is 2.87. The predicted molar refractivity (Wildman–Crippen MR) is 81.1 cm³/mol. The van der Waals surface area contributed by atoms with Crippen LogP contribution in [0.15, 0.2) is 42.5 Å². The van der Waals surface area contributed by atoms with Crippen LogP contribution in [0.3, 0.4) is 0 Å². The van der Waals surface area contributed by atoms with Crippen molar-refractivity contribution in [1.29, 1.82) is 5.26 Å². The fourth-order valence-corrected chi connectivity index (χ4v) is 2.10. The summed E-state index contributed by atoms with van der Waals surface area (Å²) in [5.74, 6) is 0.752. The summed E-state index contributed by atoms with van der Waals surface area (Å²) in [4.78, 5) is 0. The van der Waals surface area contributed by atoms with Crippen molar-refractivity contribution in [2.24, 2.45) is 0 Å². The molecule has 0 aromatic heterocycles. The molecule has 0 aliphatic heterocycles. The number of benzene rings is 2. The number of hydrogen-bond acceptors (Lipinski definition) is 3. The highest BCUT2D eigenvalue weighted by molar-refractivity contribution is 5.60. The van der Waals surface area contributed by atoms with Gasteiger partial charge in [-0.3, -0.25) is 0 Å². The first-order valence-corrected chi connectivity index (χ1v) is 6.60. The molecule has 2 rings (SSSR count). The molecule has 2 aromatic rings. The van der Waals surface area contributed by atoms with Gasteiger partial charge >= 0.3 is 0 Å². The number of aryl methyl sites for hydroxylation is 1. The van der Waals surface area contributed by atoms with Crippen LogP contribution in [0.5, 0.6) is 5.75 Å². The van der Waals surface area contributed by atoms with Crippen LogP contribution < -0.4 is 10.1 Å². The summed E-state index contributed by atoms with van der Waals surface area (Å²) < 4.78 is 5.19. The van der Waals surface area contributed by atoms with Crippen molar-refractivity contribution in [2.75, 3.05) is 19.0 Å². The van der Waals surface area contributed by atoms with E-state index in [1.807, 2.05) is 6.07 Å². The van der Waals surface area contributed by atoms with Gasteiger partial charge in [0.25, 0.3) is 0 Å². The van der Waals surface area contributed by atoms with Gasteiger partial charge in [0.05, 0.1) is 18.4 Å². The van der Waals surface area contributed by atoms with Gasteiger partial charge < -0.3 is 10.1 Å². The fourth-order valence-electron chi connectivity index (χ4n) is 2.10. The molecule has 3 heteroatoms. The van der Waals surface area contributed by atoms with E-state index in [1.54, 1.807) is 19.2 Å². The lowest BCUT2D eigenvalue weighted by atomic mass is 10.1. The van der Waals surface area contributed by atoms with Crippen LogP contribution in [0.1, 0.15) is 16.7 Å². The quantitative estimate of drug-likeness (QED) is 0.900. The molecular weight excluding hydrogens is 248 g/mol. The molecule has 0 atom stereocenters. The molecule has 20 heavy (non-hydrogen) atoms. The highest BCUT2D eigenvalue weighted by Crippen LogP contribution is 2.21. The van der Waals surface area contributed by atoms with Gasteiger partial charge in [-0.1, -0.05) is 29.8 Å². The average Bonchev–Trinajstić information content (AvgIpc) is 2.47. The zero-order chi connectivity index (χ0) is 14.4. The van der Waals surface area contributed by atoms with Gasteiger partial charge in [-0.25, -0.2) is 0 Å². The summed E-state index contributed by atoms with van der Waals surface area (Å²) in [5.41, 5.74) is 4.01. The van der Waals surface area contributed by atoms with E-state index < -0.39 is 0 Å². The molecule has 0 saturated carbocycles. The normalized spacial score (nSPS) is 9.85. The van der Waals surface area contributed by atoms with E-state index in [0.717, 1.165) is 24.4 Å². The summed E-state index contributed by atoms with van der Waals surface area (Å²) in [7, 11) is 1.62. The second-order valence-electron chi connectivity index (χ2n) is 4.69. The summed E-state index contributed by atoms with van der Waals surface area (Å²) in [6.07, 6.45) is 0.920. The molecule has 0 spiro atoms. The van der Waals surface area contributed by atoms with E-state index in [2.05, 4.69) is 42.6 Å². The van der Waals surface area contributed by atoms with E-state index in [-0.39, 0.29) is 0 Å². The molecule has 0 aliphatic carbocycles. The van der Waals surface area contributed by atoms with Crippen molar-refractivity contribution in [1.82, 2.24) is 0 Å². The van der Waals surface area contributed by atoms with E-state index in [9.17, 15) is 0 Å². The van der Waals surface area contributed by atoms with Crippen molar-refractivity contribution in [3.05, 3.63) is 59.2 Å². The molecule has 0 saturated heterocycles. The Kier molecular flexibility index (Phi) is 4.62. The van der Waals surface area contributed by atoms with Gasteiger partial charge in [-0.15, -0.1) is 0 Å². The Balaban J connectivity index is 2.02. The average molecular weight is 266 g/mol. The minimum absolute atomic E-state index is 0.634. The Bertz CT molecular complexity index is 629. The Morgan fingerprint density at radius 1 is 1.20 bits per heavy atom. The largest absolute Gasteiger partial charge is 0.497 e. The third-order valence-electron chi connectivity index (χ3n) is 3.16. The van der Waals surface area contributed by atoms with Crippen molar-refractivity contribution < 1.29 is 4.74 Å². The molecule has 0 fully saturated rings. The summed E-state index contributed by atoms with van der Waals surface area (Å²) in [5, 5.41) is 12.4. The third kappa shape index (κ3) is 3.52. The highest BCUT2D eigenvalue weighted by atomic mass is 16.5. The van der Waals surface area contributed by atoms with Gasteiger partial charge in [0.1, 0.15) is 11.8 Å². The van der Waals surface area contributed by atoms with Gasteiger partial charge in [-0.2, -0.15) is 5.26 Å². The van der Waals surface area contributed by atoms with Crippen LogP contribution in [-0.4, -0.2) is 13.7 Å². The minimum atomic E-state index is 0.634. The maximum absolute atomic E-state index is 9.10. The lowest BCUT2D eigenvalue weighted by Crippen LogP contribution is -2.06. The predicted octanol–water partition coefficient (Wildman–Crippen LogP) is 3.53. The number of rotatable bonds is 5. The number of nitrogens with one attached hydrogen (secondary N) is 1. The molecule has 2 aromatic carbocycles. The molecule has 3 nitrogen and oxygen atoms in total. The number of anilines is 1. The summed E-state index contributed by atoms with van der Waals surface area (Å²) in [6, 6.07) is 16.1. The SMILES string of the molecule is COc1ccc(C#N)c(NCCc2cccc(C)c2)c1. The van der Waals surface area contributed by atoms with Crippen LogP contribution in [0, 0.1) is 18.3 Å². The van der Waals surface area contributed by atoms with E-state index >= 15 is 0 Å². The number of ether oxygens (including phenoxy) is 1. The van der Waals surface area contributed by atoms with Crippen LogP contribution in [0.25, 0.3) is 0 Å². The maximum atomic E-state index is 9.10. The molecule has 1 N–H and O–H groups in total. The number of nitrogens with zero attached hydrogens (tertiary/aromatic N) is 1. The molecule has 0 unspecified atom stereocenters. The third-order valence-corrected chi connectivity index (χ3v) is 3.16. The van der Waals surface area contributed by atoms with Gasteiger partial charge in [0.15, 0.2) is 0 Å². The molecule has 0 heterocycles. The number of nitriles is 1. The van der Waals surface area contributed by atoms with Crippen molar-refractivity contribution in [3.8, 4) is 11.8 Å². The Morgan fingerprint density at radius 2 is 2.05 bits per heavy atom. The Morgan fingerprint density at radius 3 is 2.75 bits per heavy atom. The zero-order valence-corrected chi connectivity index (χ0v) is 11.8. The first-order chi connectivity index (χ1) is 9.72. The first-order valence-electron chi connectivity index (χ1n) is 6.60. The molecule has 0 radical (unpaired) electrons. The topological polar surface area (TPSA) is 45.0 Å². The maximum Gasteiger partial charge on any atom is 0.121 e. The Hall–Kier alpha value is -2.47. The van der Waals surface area contributed by atoms with Crippen molar-refractivity contribution in [3.63, 3.8) is 0 Å². The van der Waals surface area contributed by atoms with E-state index in [0.29, 0.717) is 5.56 Å². The van der Waals surface area contributed by atoms with Gasteiger partial charge in [0, 0.05) is 12.6 Å². The van der Waals surface area contributed by atoms with Crippen LogP contribution in [0.4, 0.5) is 5.69 Å². The van der Waals surface area contributed by atoms with Gasteiger partial charge in [-0.05, 0) is 31.0 Å². The lowest BCUT2D eigenvalue weighted by Gasteiger charge is -2.10. The highest BCUT2D eigenvalue weighted by Gasteiger charge is 2.03. The number of methoxy groups -OCH3 is 1. The minimum Gasteiger partial charge on any atom is -0.497 e. The second kappa shape index (κ2) is 6.63. The standard InChI is InChI=1S/C17H18N2O/c1-13-4-3-5-14(10-13)8-9-19-17-11-16(20-2)7-6-15(17)12-18/h3-7,10-11,19H,8-9H2,1-2H3. The number of hydrogen-bond donors (Lipinski definition) is 1. The molecular formula is C17H18N2O. The monoisotopic (exact) mass is 266 g/mol. The van der Waals surface area contributed by atoms with Crippen molar-refractivity contribution >= 4 is 5.69 Å². The molecule has 0 aliphatic rings. The smallest absolute Gasteiger partial charge is 0.121 e. The Labute approximate surface area is 119 Å². The van der Waals surface area contributed by atoms with Crippen LogP contribution in [0.2, 0.25) is 0 Å². The lowest BCUT2D eigenvalue weighted by molar-refractivity contribution is 0.415. The zero-order valence-electron chi connectivity index (χ0n) is 11.8. The van der Waals surface area contributed by atoms with Crippen LogP contribution >= 0.6 is 0 Å². The van der Waals surface area contributed by atoms with Crippen LogP contribution in [-0.2, 0) is 6.42 Å².